The summed E-state index contributed by atoms with van der Waals surface area (Å²) in [5.41, 5.74) is 9.53. The summed E-state index contributed by atoms with van der Waals surface area (Å²) in [7, 11) is 0. The van der Waals surface area contributed by atoms with Crippen LogP contribution in [-0.4, -0.2) is 23.1 Å². The number of hydrogen-bond acceptors (Lipinski definition) is 5. The summed E-state index contributed by atoms with van der Waals surface area (Å²) in [6.07, 6.45) is 1.80. The Morgan fingerprint density at radius 1 is 1.08 bits per heavy atom. The summed E-state index contributed by atoms with van der Waals surface area (Å²) >= 11 is 0. The van der Waals surface area contributed by atoms with Gasteiger partial charge in [-0.2, -0.15) is 4.98 Å². The van der Waals surface area contributed by atoms with E-state index in [-0.39, 0.29) is 5.92 Å². The SMILES string of the molecule is Cc1ccc([C@@H](C)c2cnc(NCCOc3ccccc3)nc2N)cc1. The molecule has 0 amide bonds. The highest BCUT2D eigenvalue weighted by atomic mass is 16.5. The minimum atomic E-state index is 0.145. The van der Waals surface area contributed by atoms with Crippen LogP contribution in [-0.2, 0) is 0 Å². The van der Waals surface area contributed by atoms with Crippen molar-refractivity contribution in [2.45, 2.75) is 19.8 Å². The highest BCUT2D eigenvalue weighted by molar-refractivity contribution is 5.48. The smallest absolute Gasteiger partial charge is 0.224 e. The normalized spacial score (nSPS) is 11.8. The molecule has 1 atom stereocenters. The molecule has 0 spiro atoms. The molecule has 0 bridgehead atoms. The van der Waals surface area contributed by atoms with Crippen LogP contribution >= 0.6 is 0 Å². The number of para-hydroxylation sites is 1. The summed E-state index contributed by atoms with van der Waals surface area (Å²) in [5.74, 6) is 2.00. The van der Waals surface area contributed by atoms with Crippen molar-refractivity contribution in [2.24, 2.45) is 0 Å². The van der Waals surface area contributed by atoms with Crippen LogP contribution in [0.4, 0.5) is 11.8 Å². The van der Waals surface area contributed by atoms with Crippen molar-refractivity contribution in [1.82, 2.24) is 9.97 Å². The van der Waals surface area contributed by atoms with E-state index in [0.717, 1.165) is 11.3 Å². The number of ether oxygens (including phenoxy) is 1. The van der Waals surface area contributed by atoms with E-state index in [1.165, 1.54) is 11.1 Å². The van der Waals surface area contributed by atoms with Crippen molar-refractivity contribution < 1.29 is 4.74 Å². The molecule has 1 heterocycles. The van der Waals surface area contributed by atoms with Crippen LogP contribution in [0.1, 0.15) is 29.5 Å². The quantitative estimate of drug-likeness (QED) is 0.631. The van der Waals surface area contributed by atoms with Crippen LogP contribution in [0.15, 0.2) is 60.8 Å². The molecule has 5 nitrogen and oxygen atoms in total. The van der Waals surface area contributed by atoms with E-state index in [0.29, 0.717) is 24.9 Å². The van der Waals surface area contributed by atoms with Crippen LogP contribution in [0.25, 0.3) is 0 Å². The van der Waals surface area contributed by atoms with E-state index in [4.69, 9.17) is 10.5 Å². The maximum Gasteiger partial charge on any atom is 0.224 e. The largest absolute Gasteiger partial charge is 0.492 e. The van der Waals surface area contributed by atoms with E-state index in [1.807, 2.05) is 30.3 Å². The maximum atomic E-state index is 6.16. The lowest BCUT2D eigenvalue weighted by molar-refractivity contribution is 0.332. The van der Waals surface area contributed by atoms with Gasteiger partial charge in [-0.25, -0.2) is 4.98 Å². The molecule has 0 fully saturated rings. The Hall–Kier alpha value is -3.08. The topological polar surface area (TPSA) is 73.1 Å². The highest BCUT2D eigenvalue weighted by Gasteiger charge is 2.13. The summed E-state index contributed by atoms with van der Waals surface area (Å²) in [4.78, 5) is 8.77. The first-order chi connectivity index (χ1) is 12.6. The predicted molar refractivity (Wildman–Crippen MR) is 106 cm³/mol. The molecule has 0 radical (unpaired) electrons. The second kappa shape index (κ2) is 8.34. The number of nitrogen functional groups attached to an aromatic ring is 1. The van der Waals surface area contributed by atoms with Crippen molar-refractivity contribution in [2.75, 3.05) is 24.2 Å². The Morgan fingerprint density at radius 2 is 1.81 bits per heavy atom. The van der Waals surface area contributed by atoms with Gasteiger partial charge in [0.2, 0.25) is 5.95 Å². The number of nitrogens with one attached hydrogen (secondary N) is 1. The predicted octanol–water partition coefficient (Wildman–Crippen LogP) is 4.01. The standard InChI is InChI=1S/C21H24N4O/c1-15-8-10-17(11-9-15)16(2)19-14-24-21(25-20(19)22)23-12-13-26-18-6-4-3-5-7-18/h3-11,14,16H,12-13H2,1-2H3,(H3,22,23,24,25)/t16-/m1/s1. The monoisotopic (exact) mass is 348 g/mol. The molecule has 0 saturated carbocycles. The van der Waals surface area contributed by atoms with Crippen molar-refractivity contribution in [1.29, 1.82) is 0 Å². The van der Waals surface area contributed by atoms with E-state index >= 15 is 0 Å². The van der Waals surface area contributed by atoms with Crippen molar-refractivity contribution >= 4 is 11.8 Å². The van der Waals surface area contributed by atoms with Gasteiger partial charge in [-0.15, -0.1) is 0 Å². The Bertz CT molecular complexity index is 834. The molecule has 1 aromatic heterocycles. The Balaban J connectivity index is 1.57. The average Bonchev–Trinajstić information content (AvgIpc) is 2.66. The zero-order chi connectivity index (χ0) is 18.4. The second-order valence-corrected chi connectivity index (χ2v) is 6.25. The number of hydrogen-bond donors (Lipinski definition) is 2. The lowest BCUT2D eigenvalue weighted by Crippen LogP contribution is -2.14. The van der Waals surface area contributed by atoms with Gasteiger partial charge in [0.15, 0.2) is 0 Å². The third kappa shape index (κ3) is 4.51. The van der Waals surface area contributed by atoms with Gasteiger partial charge >= 0.3 is 0 Å². The second-order valence-electron chi connectivity index (χ2n) is 6.25. The fourth-order valence-electron chi connectivity index (χ4n) is 2.71. The third-order valence-electron chi connectivity index (χ3n) is 4.29. The minimum absolute atomic E-state index is 0.145. The van der Waals surface area contributed by atoms with Crippen LogP contribution in [0.5, 0.6) is 5.75 Å². The summed E-state index contributed by atoms with van der Waals surface area (Å²) in [5, 5.41) is 3.14. The Kier molecular flexibility index (Phi) is 5.69. The molecular weight excluding hydrogens is 324 g/mol. The summed E-state index contributed by atoms with van der Waals surface area (Å²) in [6.45, 7) is 5.31. The summed E-state index contributed by atoms with van der Waals surface area (Å²) < 4.78 is 5.64. The first kappa shape index (κ1) is 17.7. The molecule has 134 valence electrons. The molecule has 0 aliphatic rings. The van der Waals surface area contributed by atoms with Gasteiger partial charge in [0.1, 0.15) is 18.2 Å². The van der Waals surface area contributed by atoms with Crippen LogP contribution < -0.4 is 15.8 Å². The van der Waals surface area contributed by atoms with Gasteiger partial charge in [0, 0.05) is 17.7 Å². The number of nitrogens with two attached hydrogens (primary N) is 1. The van der Waals surface area contributed by atoms with E-state index < -0.39 is 0 Å². The van der Waals surface area contributed by atoms with Gasteiger partial charge < -0.3 is 15.8 Å². The third-order valence-corrected chi connectivity index (χ3v) is 4.29. The molecule has 26 heavy (non-hydrogen) atoms. The van der Waals surface area contributed by atoms with Crippen molar-refractivity contribution in [3.8, 4) is 5.75 Å². The highest BCUT2D eigenvalue weighted by Crippen LogP contribution is 2.27. The number of aryl methyl sites for hydroxylation is 1. The number of anilines is 2. The maximum absolute atomic E-state index is 6.16. The molecule has 0 aliphatic carbocycles. The molecule has 0 unspecified atom stereocenters. The number of aromatic nitrogens is 2. The average molecular weight is 348 g/mol. The van der Waals surface area contributed by atoms with E-state index in [1.54, 1.807) is 6.20 Å². The molecule has 3 N–H and O–H groups in total. The van der Waals surface area contributed by atoms with Crippen LogP contribution in [0, 0.1) is 6.92 Å². The van der Waals surface area contributed by atoms with Crippen molar-refractivity contribution in [3.05, 3.63) is 77.5 Å². The summed E-state index contributed by atoms with van der Waals surface area (Å²) in [6, 6.07) is 18.1. The number of nitrogens with zero attached hydrogens (tertiary/aromatic N) is 2. The zero-order valence-corrected chi connectivity index (χ0v) is 15.1. The van der Waals surface area contributed by atoms with E-state index in [9.17, 15) is 0 Å². The lowest BCUT2D eigenvalue weighted by Gasteiger charge is -2.15. The van der Waals surface area contributed by atoms with Gasteiger partial charge in [0.05, 0.1) is 6.54 Å². The Morgan fingerprint density at radius 3 is 2.50 bits per heavy atom. The number of rotatable bonds is 7. The molecule has 3 rings (SSSR count). The molecule has 3 aromatic rings. The number of benzene rings is 2. The zero-order valence-electron chi connectivity index (χ0n) is 15.1. The minimum Gasteiger partial charge on any atom is -0.492 e. The van der Waals surface area contributed by atoms with Crippen molar-refractivity contribution in [3.63, 3.8) is 0 Å². The first-order valence-electron chi connectivity index (χ1n) is 8.74. The fourth-order valence-corrected chi connectivity index (χ4v) is 2.71. The van der Waals surface area contributed by atoms with Gasteiger partial charge in [0.25, 0.3) is 0 Å². The molecule has 2 aromatic carbocycles. The Labute approximate surface area is 154 Å². The molecular formula is C21H24N4O. The molecule has 5 heteroatoms. The fraction of sp³-hybridized carbons (Fsp3) is 0.238. The van der Waals surface area contributed by atoms with Crippen LogP contribution in [0.2, 0.25) is 0 Å². The van der Waals surface area contributed by atoms with Gasteiger partial charge in [-0.1, -0.05) is 55.0 Å². The molecule has 0 saturated heterocycles. The van der Waals surface area contributed by atoms with Gasteiger partial charge in [-0.05, 0) is 24.6 Å². The molecule has 0 aliphatic heterocycles. The van der Waals surface area contributed by atoms with Crippen LogP contribution in [0.3, 0.4) is 0 Å². The van der Waals surface area contributed by atoms with Gasteiger partial charge in [-0.3, -0.25) is 0 Å². The first-order valence-corrected chi connectivity index (χ1v) is 8.74. The lowest BCUT2D eigenvalue weighted by atomic mass is 9.94. The van der Waals surface area contributed by atoms with E-state index in [2.05, 4.69) is 53.4 Å².